The number of nitrogens with one attached hydrogen (secondary N) is 1. The fourth-order valence-electron chi connectivity index (χ4n) is 2.76. The monoisotopic (exact) mass is 400 g/mol. The van der Waals surface area contributed by atoms with Gasteiger partial charge in [-0.3, -0.25) is 5.10 Å². The topological polar surface area (TPSA) is 63.3 Å². The molecule has 28 heavy (non-hydrogen) atoms. The van der Waals surface area contributed by atoms with Gasteiger partial charge < -0.3 is 14.4 Å². The molecule has 2 heterocycles. The molecule has 0 spiro atoms. The second-order valence-corrected chi connectivity index (χ2v) is 6.63. The van der Waals surface area contributed by atoms with Gasteiger partial charge in [-0.1, -0.05) is 13.3 Å². The molecule has 6 nitrogen and oxygen atoms in total. The van der Waals surface area contributed by atoms with E-state index in [9.17, 15) is 13.2 Å². The van der Waals surface area contributed by atoms with Crippen molar-refractivity contribution in [3.05, 3.63) is 29.6 Å². The number of methoxy groups -OCH3 is 1. The van der Waals surface area contributed by atoms with E-state index in [1.54, 1.807) is 6.20 Å². The minimum atomic E-state index is -4.57. The summed E-state index contributed by atoms with van der Waals surface area (Å²) in [5.74, 6) is -0.423. The molecule has 0 atom stereocenters. The SMILES string of the molecule is CCCCN(C)Cc1cn[nH]c1-c1cnc(OCCCOC)c(C(F)(F)F)c1. The summed E-state index contributed by atoms with van der Waals surface area (Å²) < 4.78 is 50.7. The van der Waals surface area contributed by atoms with E-state index >= 15 is 0 Å². The van der Waals surface area contributed by atoms with Crippen LogP contribution in [0.4, 0.5) is 13.2 Å². The van der Waals surface area contributed by atoms with E-state index in [-0.39, 0.29) is 6.61 Å². The minimum absolute atomic E-state index is 0.0980. The van der Waals surface area contributed by atoms with Gasteiger partial charge in [0.25, 0.3) is 0 Å². The number of hydrogen-bond acceptors (Lipinski definition) is 5. The van der Waals surface area contributed by atoms with Gasteiger partial charge in [-0.25, -0.2) is 4.98 Å². The molecule has 0 amide bonds. The second kappa shape index (κ2) is 10.4. The van der Waals surface area contributed by atoms with E-state index < -0.39 is 17.6 Å². The van der Waals surface area contributed by atoms with Gasteiger partial charge in [0.2, 0.25) is 5.88 Å². The maximum atomic E-state index is 13.5. The molecule has 1 N–H and O–H groups in total. The third kappa shape index (κ3) is 6.20. The predicted octanol–water partition coefficient (Wildman–Crippen LogP) is 4.14. The Morgan fingerprint density at radius 2 is 1.96 bits per heavy atom. The number of unbranched alkanes of at least 4 members (excludes halogenated alkanes) is 1. The lowest BCUT2D eigenvalue weighted by atomic mass is 10.1. The lowest BCUT2D eigenvalue weighted by molar-refractivity contribution is -0.139. The molecule has 0 aliphatic heterocycles. The van der Waals surface area contributed by atoms with Crippen molar-refractivity contribution in [3.8, 4) is 17.1 Å². The van der Waals surface area contributed by atoms with Crippen molar-refractivity contribution in [2.75, 3.05) is 33.9 Å². The van der Waals surface area contributed by atoms with Gasteiger partial charge in [0, 0.05) is 44.0 Å². The molecule has 2 aromatic heterocycles. The van der Waals surface area contributed by atoms with Crippen LogP contribution in [0.1, 0.15) is 37.3 Å². The molecule has 0 aliphatic carbocycles. The summed E-state index contributed by atoms with van der Waals surface area (Å²) in [6.07, 6.45) is 1.06. The van der Waals surface area contributed by atoms with Gasteiger partial charge in [0.05, 0.1) is 18.5 Å². The Morgan fingerprint density at radius 3 is 2.64 bits per heavy atom. The number of hydrogen-bond donors (Lipinski definition) is 1. The summed E-state index contributed by atoms with van der Waals surface area (Å²) in [5.41, 5.74) is 0.782. The molecule has 0 bridgehead atoms. The van der Waals surface area contributed by atoms with E-state index in [0.29, 0.717) is 30.8 Å². The van der Waals surface area contributed by atoms with Gasteiger partial charge in [0.15, 0.2) is 0 Å². The van der Waals surface area contributed by atoms with E-state index in [4.69, 9.17) is 9.47 Å². The largest absolute Gasteiger partial charge is 0.477 e. The number of pyridine rings is 1. The average Bonchev–Trinajstić information content (AvgIpc) is 3.11. The predicted molar refractivity (Wildman–Crippen MR) is 100 cm³/mol. The molecule has 0 aromatic carbocycles. The van der Waals surface area contributed by atoms with Crippen molar-refractivity contribution in [1.29, 1.82) is 0 Å². The lowest BCUT2D eigenvalue weighted by Gasteiger charge is -2.17. The average molecular weight is 400 g/mol. The molecule has 0 saturated carbocycles. The highest BCUT2D eigenvalue weighted by Crippen LogP contribution is 2.37. The van der Waals surface area contributed by atoms with Crippen molar-refractivity contribution >= 4 is 0 Å². The maximum Gasteiger partial charge on any atom is 0.421 e. The van der Waals surface area contributed by atoms with E-state index in [2.05, 4.69) is 27.0 Å². The summed E-state index contributed by atoms with van der Waals surface area (Å²) in [6.45, 7) is 4.10. The van der Waals surface area contributed by atoms with Gasteiger partial charge in [-0.05, 0) is 26.1 Å². The van der Waals surface area contributed by atoms with Crippen molar-refractivity contribution in [1.82, 2.24) is 20.1 Å². The third-order valence-electron chi connectivity index (χ3n) is 4.23. The number of H-pyrrole nitrogens is 1. The number of aromatic nitrogens is 3. The van der Waals surface area contributed by atoms with Gasteiger partial charge in [-0.2, -0.15) is 18.3 Å². The smallest absolute Gasteiger partial charge is 0.421 e. The molecule has 0 saturated heterocycles. The van der Waals surface area contributed by atoms with Crippen LogP contribution in [0.2, 0.25) is 0 Å². The Kier molecular flexibility index (Phi) is 8.25. The van der Waals surface area contributed by atoms with Crippen LogP contribution in [0.25, 0.3) is 11.3 Å². The summed E-state index contributed by atoms with van der Waals surface area (Å²) >= 11 is 0. The first kappa shape index (κ1) is 22.2. The minimum Gasteiger partial charge on any atom is -0.477 e. The molecule has 0 radical (unpaired) electrons. The van der Waals surface area contributed by atoms with Crippen molar-refractivity contribution in [2.45, 2.75) is 38.9 Å². The highest BCUT2D eigenvalue weighted by molar-refractivity contribution is 5.63. The molecule has 0 unspecified atom stereocenters. The Labute approximate surface area is 163 Å². The Morgan fingerprint density at radius 1 is 1.18 bits per heavy atom. The van der Waals surface area contributed by atoms with E-state index in [0.717, 1.165) is 31.0 Å². The lowest BCUT2D eigenvalue weighted by Crippen LogP contribution is -2.19. The van der Waals surface area contributed by atoms with Crippen LogP contribution >= 0.6 is 0 Å². The number of aromatic amines is 1. The van der Waals surface area contributed by atoms with Crippen LogP contribution in [-0.2, 0) is 17.5 Å². The molecule has 0 fully saturated rings. The second-order valence-electron chi connectivity index (χ2n) is 6.63. The summed E-state index contributed by atoms with van der Waals surface area (Å²) in [5, 5.41) is 6.81. The molecule has 156 valence electrons. The molecule has 2 aromatic rings. The zero-order chi connectivity index (χ0) is 20.6. The highest BCUT2D eigenvalue weighted by atomic mass is 19.4. The van der Waals surface area contributed by atoms with Gasteiger partial charge >= 0.3 is 6.18 Å². The van der Waals surface area contributed by atoms with Gasteiger partial charge in [-0.15, -0.1) is 0 Å². The van der Waals surface area contributed by atoms with E-state index in [1.165, 1.54) is 13.3 Å². The van der Waals surface area contributed by atoms with Crippen molar-refractivity contribution in [2.24, 2.45) is 0 Å². The molecule has 9 heteroatoms. The van der Waals surface area contributed by atoms with Crippen molar-refractivity contribution in [3.63, 3.8) is 0 Å². The fourth-order valence-corrected chi connectivity index (χ4v) is 2.76. The maximum absolute atomic E-state index is 13.5. The first-order valence-electron chi connectivity index (χ1n) is 9.27. The standard InChI is InChI=1S/C19H27F3N4O2/c1-4-5-7-26(2)13-15-12-24-25-17(15)14-10-16(19(20,21)22)18(23-11-14)28-9-6-8-27-3/h10-12H,4-9,13H2,1-3H3,(H,24,25). The van der Waals surface area contributed by atoms with Crippen LogP contribution < -0.4 is 4.74 Å². The number of rotatable bonds is 11. The number of halogens is 3. The molecular weight excluding hydrogens is 373 g/mol. The molecule has 2 rings (SSSR count). The number of alkyl halides is 3. The van der Waals surface area contributed by atoms with Crippen molar-refractivity contribution < 1.29 is 22.6 Å². The number of ether oxygens (including phenoxy) is 2. The Bertz CT molecular complexity index is 734. The number of nitrogens with zero attached hydrogens (tertiary/aromatic N) is 3. The van der Waals surface area contributed by atoms with Crippen LogP contribution in [0, 0.1) is 0 Å². The first-order chi connectivity index (χ1) is 13.4. The molecular formula is C19H27F3N4O2. The zero-order valence-electron chi connectivity index (χ0n) is 16.5. The fraction of sp³-hybridized carbons (Fsp3) is 0.579. The Balaban J connectivity index is 2.24. The third-order valence-corrected chi connectivity index (χ3v) is 4.23. The van der Waals surface area contributed by atoms with Crippen LogP contribution in [0.3, 0.4) is 0 Å². The highest BCUT2D eigenvalue weighted by Gasteiger charge is 2.36. The normalized spacial score (nSPS) is 12.0. The summed E-state index contributed by atoms with van der Waals surface area (Å²) in [4.78, 5) is 6.04. The van der Waals surface area contributed by atoms with Crippen LogP contribution in [-0.4, -0.2) is 54.0 Å². The van der Waals surface area contributed by atoms with Crippen LogP contribution in [0.5, 0.6) is 5.88 Å². The Hall–Kier alpha value is -2.13. The van der Waals surface area contributed by atoms with Crippen LogP contribution in [0.15, 0.2) is 18.5 Å². The molecule has 0 aliphatic rings. The summed E-state index contributed by atoms with van der Waals surface area (Å²) in [7, 11) is 3.50. The van der Waals surface area contributed by atoms with E-state index in [1.807, 2.05) is 7.05 Å². The first-order valence-corrected chi connectivity index (χ1v) is 9.27. The summed E-state index contributed by atoms with van der Waals surface area (Å²) in [6, 6.07) is 1.06. The van der Waals surface area contributed by atoms with Gasteiger partial charge in [0.1, 0.15) is 5.56 Å². The zero-order valence-corrected chi connectivity index (χ0v) is 16.5. The quantitative estimate of drug-likeness (QED) is 0.575.